The number of nitrogens with zero attached hydrogens (tertiary/aromatic N) is 5. The highest BCUT2D eigenvalue weighted by Crippen LogP contribution is 2.39. The third kappa shape index (κ3) is 5.21. The molecule has 0 aliphatic carbocycles. The van der Waals surface area contributed by atoms with Crippen LogP contribution in [0.2, 0.25) is 5.02 Å². The molecular formula is C30H28ClN7O3S. The van der Waals surface area contributed by atoms with Gasteiger partial charge in [-0.1, -0.05) is 35.9 Å². The third-order valence-corrected chi connectivity index (χ3v) is 8.97. The van der Waals surface area contributed by atoms with Crippen LogP contribution in [0.5, 0.6) is 0 Å². The molecule has 1 atom stereocenters. The number of urea groups is 1. The normalized spacial score (nSPS) is 16.3. The second kappa shape index (κ2) is 11.1. The first-order valence-corrected chi connectivity index (χ1v) is 14.7. The van der Waals surface area contributed by atoms with E-state index in [4.69, 9.17) is 16.6 Å². The number of benzene rings is 2. The lowest BCUT2D eigenvalue weighted by Crippen LogP contribution is -2.49. The van der Waals surface area contributed by atoms with E-state index in [1.165, 1.54) is 9.78 Å². The van der Waals surface area contributed by atoms with Crippen molar-refractivity contribution in [3.63, 3.8) is 0 Å². The molecular weight excluding hydrogens is 574 g/mol. The highest BCUT2D eigenvalue weighted by atomic mass is 35.5. The maximum atomic E-state index is 13.3. The summed E-state index contributed by atoms with van der Waals surface area (Å²) in [5.74, 6) is 0.903. The standard InChI is InChI=1S/C30H28ClN7O3S/c1-16-17(2)42-29-26(16)27(20-6-8-21(31)9-7-20)33-23(28-36-35-18(3)38(28)29)14-25(40)32-15-19-4-10-22(11-5-19)37-13-12-24(39)34-30(37)41/h4-11,23H,12-15H2,1-3H3,(H,32,40)(H,34,39,41)/t23-/m0/s1. The minimum Gasteiger partial charge on any atom is -0.352 e. The second-order valence-corrected chi connectivity index (χ2v) is 11.9. The lowest BCUT2D eigenvalue weighted by molar-refractivity contribution is -0.122. The molecule has 6 rings (SSSR count). The summed E-state index contributed by atoms with van der Waals surface area (Å²) in [7, 11) is 0. The molecule has 2 aliphatic heterocycles. The van der Waals surface area contributed by atoms with Crippen molar-refractivity contribution in [3.8, 4) is 5.00 Å². The van der Waals surface area contributed by atoms with E-state index in [1.807, 2.05) is 47.9 Å². The Hall–Kier alpha value is -4.35. The molecule has 2 aromatic carbocycles. The molecule has 1 fully saturated rings. The van der Waals surface area contributed by atoms with Crippen LogP contribution in [0.25, 0.3) is 5.00 Å². The van der Waals surface area contributed by atoms with Gasteiger partial charge in [0.05, 0.1) is 12.1 Å². The van der Waals surface area contributed by atoms with Crippen molar-refractivity contribution in [1.29, 1.82) is 0 Å². The Labute approximate surface area is 251 Å². The average Bonchev–Trinajstić information content (AvgIpc) is 3.44. The number of amides is 4. The molecule has 4 amide bonds. The molecule has 0 unspecified atom stereocenters. The van der Waals surface area contributed by atoms with Crippen LogP contribution in [0.1, 0.15) is 57.7 Å². The fraction of sp³-hybridized carbons (Fsp3) is 0.267. The van der Waals surface area contributed by atoms with Gasteiger partial charge in [-0.3, -0.25) is 29.4 Å². The molecule has 10 nitrogen and oxygen atoms in total. The summed E-state index contributed by atoms with van der Waals surface area (Å²) in [5.41, 5.74) is 5.41. The zero-order chi connectivity index (χ0) is 29.5. The zero-order valence-corrected chi connectivity index (χ0v) is 24.8. The number of hydrogen-bond donors (Lipinski definition) is 2. The molecule has 2 aromatic heterocycles. The number of hydrogen-bond acceptors (Lipinski definition) is 7. The number of carbonyl (C=O) groups is 3. The van der Waals surface area contributed by atoms with Crippen molar-refractivity contribution in [2.75, 3.05) is 11.4 Å². The SMILES string of the molecule is Cc1sc2c(c1C)C(c1ccc(Cl)cc1)=N[C@@H](CC(=O)NCc1ccc(N3CCC(=O)NC3=O)cc1)c1nnc(C)n1-2. The lowest BCUT2D eigenvalue weighted by atomic mass is 9.99. The summed E-state index contributed by atoms with van der Waals surface area (Å²) in [6, 6.07) is 13.9. The van der Waals surface area contributed by atoms with Crippen LogP contribution in [-0.2, 0) is 16.1 Å². The first-order valence-electron chi connectivity index (χ1n) is 13.5. The van der Waals surface area contributed by atoms with E-state index < -0.39 is 12.1 Å². The maximum Gasteiger partial charge on any atom is 0.328 e. The Kier molecular flexibility index (Phi) is 7.38. The van der Waals surface area contributed by atoms with Crippen LogP contribution in [0.3, 0.4) is 0 Å². The van der Waals surface area contributed by atoms with Gasteiger partial charge in [-0.15, -0.1) is 21.5 Å². The van der Waals surface area contributed by atoms with Gasteiger partial charge in [-0.2, -0.15) is 0 Å². The van der Waals surface area contributed by atoms with E-state index in [1.54, 1.807) is 23.5 Å². The predicted octanol–water partition coefficient (Wildman–Crippen LogP) is 4.95. The molecule has 4 aromatic rings. The first-order chi connectivity index (χ1) is 20.2. The van der Waals surface area contributed by atoms with Crippen LogP contribution >= 0.6 is 22.9 Å². The Morgan fingerprint density at radius 1 is 1.07 bits per heavy atom. The van der Waals surface area contributed by atoms with Crippen LogP contribution in [0.4, 0.5) is 10.5 Å². The van der Waals surface area contributed by atoms with Gasteiger partial charge in [0, 0.05) is 46.2 Å². The number of aliphatic imine (C=N–C) groups is 1. The minimum atomic E-state index is -0.557. The predicted molar refractivity (Wildman–Crippen MR) is 162 cm³/mol. The summed E-state index contributed by atoms with van der Waals surface area (Å²) >= 11 is 7.86. The summed E-state index contributed by atoms with van der Waals surface area (Å²) in [6.07, 6.45) is 0.342. The maximum absolute atomic E-state index is 13.3. The number of thiophene rings is 1. The van der Waals surface area contributed by atoms with Gasteiger partial charge in [0.1, 0.15) is 16.9 Å². The van der Waals surface area contributed by atoms with Crippen molar-refractivity contribution in [3.05, 3.63) is 92.3 Å². The van der Waals surface area contributed by atoms with Crippen molar-refractivity contribution in [2.24, 2.45) is 4.99 Å². The molecule has 12 heteroatoms. The number of imide groups is 1. The third-order valence-electron chi connectivity index (χ3n) is 7.53. The number of nitrogens with one attached hydrogen (secondary N) is 2. The average molecular weight is 602 g/mol. The molecule has 0 bridgehead atoms. The summed E-state index contributed by atoms with van der Waals surface area (Å²) in [4.78, 5) is 44.7. The van der Waals surface area contributed by atoms with Gasteiger partial charge in [0.25, 0.3) is 0 Å². The highest BCUT2D eigenvalue weighted by Gasteiger charge is 2.32. The largest absolute Gasteiger partial charge is 0.352 e. The molecule has 2 N–H and O–H groups in total. The van der Waals surface area contributed by atoms with Crippen LogP contribution < -0.4 is 15.5 Å². The number of rotatable bonds is 6. The Balaban J connectivity index is 1.24. The van der Waals surface area contributed by atoms with E-state index in [0.29, 0.717) is 29.6 Å². The summed E-state index contributed by atoms with van der Waals surface area (Å²) in [5, 5.41) is 15.8. The van der Waals surface area contributed by atoms with Crippen molar-refractivity contribution in [1.82, 2.24) is 25.4 Å². The van der Waals surface area contributed by atoms with Gasteiger partial charge < -0.3 is 5.32 Å². The number of fused-ring (bicyclic) bond motifs is 3. The van der Waals surface area contributed by atoms with Gasteiger partial charge >= 0.3 is 6.03 Å². The first kappa shape index (κ1) is 27.8. The number of aromatic nitrogens is 3. The van der Waals surface area contributed by atoms with E-state index in [9.17, 15) is 14.4 Å². The van der Waals surface area contributed by atoms with Gasteiger partial charge in [0.2, 0.25) is 11.8 Å². The molecule has 0 radical (unpaired) electrons. The van der Waals surface area contributed by atoms with Gasteiger partial charge in [-0.05, 0) is 56.2 Å². The summed E-state index contributed by atoms with van der Waals surface area (Å²) < 4.78 is 2.02. The fourth-order valence-electron chi connectivity index (χ4n) is 5.19. The number of carbonyl (C=O) groups excluding carboxylic acids is 3. The van der Waals surface area contributed by atoms with E-state index in [0.717, 1.165) is 38.8 Å². The molecule has 1 saturated heterocycles. The monoisotopic (exact) mass is 601 g/mol. The van der Waals surface area contributed by atoms with E-state index >= 15 is 0 Å². The van der Waals surface area contributed by atoms with Crippen LogP contribution in [-0.4, -0.2) is 44.9 Å². The lowest BCUT2D eigenvalue weighted by Gasteiger charge is -2.26. The zero-order valence-electron chi connectivity index (χ0n) is 23.3. The molecule has 2 aliphatic rings. The Bertz CT molecular complexity index is 1740. The van der Waals surface area contributed by atoms with E-state index in [-0.39, 0.29) is 24.7 Å². The van der Waals surface area contributed by atoms with Crippen molar-refractivity contribution in [2.45, 2.75) is 46.2 Å². The Morgan fingerprint density at radius 3 is 2.52 bits per heavy atom. The minimum absolute atomic E-state index is 0.0856. The number of halogens is 1. The van der Waals surface area contributed by atoms with Crippen LogP contribution in [0, 0.1) is 20.8 Å². The molecule has 214 valence electrons. The molecule has 0 saturated carbocycles. The van der Waals surface area contributed by atoms with Crippen molar-refractivity contribution < 1.29 is 14.4 Å². The number of anilines is 1. The van der Waals surface area contributed by atoms with Crippen molar-refractivity contribution >= 4 is 52.2 Å². The highest BCUT2D eigenvalue weighted by molar-refractivity contribution is 7.15. The topological polar surface area (TPSA) is 122 Å². The van der Waals surface area contributed by atoms with Gasteiger partial charge in [0.15, 0.2) is 5.82 Å². The quantitative estimate of drug-likeness (QED) is 0.324. The Morgan fingerprint density at radius 2 is 1.81 bits per heavy atom. The van der Waals surface area contributed by atoms with Gasteiger partial charge in [-0.25, -0.2) is 4.79 Å². The fourth-order valence-corrected chi connectivity index (χ4v) is 6.53. The molecule has 42 heavy (non-hydrogen) atoms. The molecule has 4 heterocycles. The smallest absolute Gasteiger partial charge is 0.328 e. The number of aryl methyl sites for hydroxylation is 2. The molecule has 0 spiro atoms. The second-order valence-electron chi connectivity index (χ2n) is 10.3. The van der Waals surface area contributed by atoms with E-state index in [2.05, 4.69) is 34.7 Å². The van der Waals surface area contributed by atoms with Crippen LogP contribution in [0.15, 0.2) is 53.5 Å². The summed E-state index contributed by atoms with van der Waals surface area (Å²) in [6.45, 7) is 6.72.